The zero-order chi connectivity index (χ0) is 22.6. The number of rotatable bonds is 8. The van der Waals surface area contributed by atoms with E-state index >= 15 is 0 Å². The van der Waals surface area contributed by atoms with Crippen LogP contribution in [0.5, 0.6) is 0 Å². The van der Waals surface area contributed by atoms with Gasteiger partial charge >= 0.3 is 0 Å². The highest BCUT2D eigenvalue weighted by Crippen LogP contribution is 2.27. The summed E-state index contributed by atoms with van der Waals surface area (Å²) in [7, 11) is -3.15. The van der Waals surface area contributed by atoms with Gasteiger partial charge in [-0.15, -0.1) is 0 Å². The number of benzene rings is 1. The number of aromatic nitrogens is 2. The van der Waals surface area contributed by atoms with Gasteiger partial charge in [-0.25, -0.2) is 18.4 Å². The van der Waals surface area contributed by atoms with Crippen LogP contribution in [0.1, 0.15) is 55.9 Å². The van der Waals surface area contributed by atoms with Gasteiger partial charge in [-0.1, -0.05) is 50.6 Å². The number of hydrogen-bond donors (Lipinski definition) is 0. The van der Waals surface area contributed by atoms with E-state index in [2.05, 4.69) is 56.9 Å². The smallest absolute Gasteiger partial charge is 0.213 e. The van der Waals surface area contributed by atoms with Crippen molar-refractivity contribution in [1.29, 1.82) is 0 Å². The molecule has 170 valence electrons. The minimum absolute atomic E-state index is 0.150. The maximum Gasteiger partial charge on any atom is 0.213 e. The van der Waals surface area contributed by atoms with Crippen molar-refractivity contribution in [1.82, 2.24) is 14.3 Å². The van der Waals surface area contributed by atoms with Crippen LogP contribution in [0.4, 0.5) is 5.82 Å². The van der Waals surface area contributed by atoms with E-state index in [0.29, 0.717) is 32.1 Å². The molecule has 0 aliphatic carbocycles. The Kier molecular flexibility index (Phi) is 7.70. The first-order valence-electron chi connectivity index (χ1n) is 11.4. The first kappa shape index (κ1) is 23.7. The van der Waals surface area contributed by atoms with Gasteiger partial charge in [0.1, 0.15) is 11.6 Å². The second-order valence-corrected chi connectivity index (χ2v) is 11.0. The van der Waals surface area contributed by atoms with Crippen molar-refractivity contribution in [3.05, 3.63) is 52.5 Å². The molecule has 3 rings (SSSR count). The normalized spacial score (nSPS) is 15.6. The van der Waals surface area contributed by atoms with Crippen LogP contribution >= 0.6 is 0 Å². The quantitative estimate of drug-likeness (QED) is 0.622. The van der Waals surface area contributed by atoms with Gasteiger partial charge in [-0.05, 0) is 31.7 Å². The SMILES string of the molecule is CCc1nc(CC(C)C)nc(N2CCN(S(=O)(=O)CC)CC2)c1Cc1ccc(C)cc1. The lowest BCUT2D eigenvalue weighted by atomic mass is 10.0. The van der Waals surface area contributed by atoms with Gasteiger partial charge in [0.05, 0.1) is 5.75 Å². The Morgan fingerprint density at radius 2 is 1.65 bits per heavy atom. The first-order chi connectivity index (χ1) is 14.7. The van der Waals surface area contributed by atoms with Crippen molar-refractivity contribution in [2.75, 3.05) is 36.8 Å². The highest BCUT2D eigenvalue weighted by molar-refractivity contribution is 7.89. The topological polar surface area (TPSA) is 66.4 Å². The van der Waals surface area contributed by atoms with Gasteiger partial charge in [0.2, 0.25) is 10.0 Å². The number of hydrogen-bond acceptors (Lipinski definition) is 5. The minimum Gasteiger partial charge on any atom is -0.354 e. The monoisotopic (exact) mass is 444 g/mol. The zero-order valence-electron chi connectivity index (χ0n) is 19.6. The third-order valence-electron chi connectivity index (χ3n) is 5.84. The van der Waals surface area contributed by atoms with E-state index in [0.717, 1.165) is 36.6 Å². The van der Waals surface area contributed by atoms with Gasteiger partial charge in [-0.2, -0.15) is 4.31 Å². The molecule has 2 aromatic rings. The lowest BCUT2D eigenvalue weighted by Gasteiger charge is -2.36. The molecular weight excluding hydrogens is 408 g/mol. The fraction of sp³-hybridized carbons (Fsp3) is 0.583. The van der Waals surface area contributed by atoms with Crippen LogP contribution in [0.25, 0.3) is 0 Å². The average Bonchev–Trinajstić information content (AvgIpc) is 2.75. The zero-order valence-corrected chi connectivity index (χ0v) is 20.4. The van der Waals surface area contributed by atoms with E-state index in [4.69, 9.17) is 9.97 Å². The maximum absolute atomic E-state index is 12.3. The van der Waals surface area contributed by atoms with Crippen LogP contribution in [0.15, 0.2) is 24.3 Å². The molecular formula is C24H36N4O2S. The van der Waals surface area contributed by atoms with Gasteiger partial charge in [0.25, 0.3) is 0 Å². The Morgan fingerprint density at radius 3 is 2.19 bits per heavy atom. The highest BCUT2D eigenvalue weighted by Gasteiger charge is 2.28. The summed E-state index contributed by atoms with van der Waals surface area (Å²) < 4.78 is 26.2. The number of sulfonamides is 1. The van der Waals surface area contributed by atoms with Crippen LogP contribution in [0.2, 0.25) is 0 Å². The fourth-order valence-electron chi connectivity index (χ4n) is 4.03. The predicted molar refractivity (Wildman–Crippen MR) is 127 cm³/mol. The minimum atomic E-state index is -3.15. The summed E-state index contributed by atoms with van der Waals surface area (Å²) in [6.07, 6.45) is 2.48. The Labute approximate surface area is 187 Å². The van der Waals surface area contributed by atoms with E-state index in [9.17, 15) is 8.42 Å². The highest BCUT2D eigenvalue weighted by atomic mass is 32.2. The van der Waals surface area contributed by atoms with Crippen molar-refractivity contribution < 1.29 is 8.42 Å². The van der Waals surface area contributed by atoms with Crippen molar-refractivity contribution in [3.63, 3.8) is 0 Å². The number of anilines is 1. The molecule has 0 radical (unpaired) electrons. The molecule has 7 heteroatoms. The van der Waals surface area contributed by atoms with Crippen molar-refractivity contribution in [2.24, 2.45) is 5.92 Å². The van der Waals surface area contributed by atoms with Crippen LogP contribution in [0.3, 0.4) is 0 Å². The first-order valence-corrected chi connectivity index (χ1v) is 13.0. The van der Waals surface area contributed by atoms with E-state index in [-0.39, 0.29) is 5.75 Å². The third kappa shape index (κ3) is 5.83. The van der Waals surface area contributed by atoms with Gasteiger partial charge in [0, 0.05) is 50.3 Å². The lowest BCUT2D eigenvalue weighted by molar-refractivity contribution is 0.384. The summed E-state index contributed by atoms with van der Waals surface area (Å²) in [4.78, 5) is 12.2. The van der Waals surface area contributed by atoms with Crippen LogP contribution in [-0.2, 0) is 29.3 Å². The molecule has 0 atom stereocenters. The number of aryl methyl sites for hydroxylation is 2. The molecule has 0 N–H and O–H groups in total. The maximum atomic E-state index is 12.3. The second-order valence-electron chi connectivity index (χ2n) is 8.79. The molecule has 0 saturated carbocycles. The molecule has 1 fully saturated rings. The van der Waals surface area contributed by atoms with E-state index in [1.54, 1.807) is 11.2 Å². The molecule has 31 heavy (non-hydrogen) atoms. The second kappa shape index (κ2) is 10.1. The van der Waals surface area contributed by atoms with Crippen molar-refractivity contribution >= 4 is 15.8 Å². The Bertz CT molecular complexity index is 979. The summed E-state index contributed by atoms with van der Waals surface area (Å²) in [6.45, 7) is 12.6. The third-order valence-corrected chi connectivity index (χ3v) is 7.72. The van der Waals surface area contributed by atoms with Gasteiger partial charge < -0.3 is 4.90 Å². The molecule has 0 spiro atoms. The average molecular weight is 445 g/mol. The lowest BCUT2D eigenvalue weighted by Crippen LogP contribution is -2.49. The van der Waals surface area contributed by atoms with Crippen LogP contribution in [0, 0.1) is 12.8 Å². The predicted octanol–water partition coefficient (Wildman–Crippen LogP) is 3.61. The van der Waals surface area contributed by atoms with E-state index < -0.39 is 10.0 Å². The summed E-state index contributed by atoms with van der Waals surface area (Å²) in [5.41, 5.74) is 4.76. The molecule has 1 aliphatic rings. The molecule has 1 aromatic heterocycles. The van der Waals surface area contributed by atoms with Crippen molar-refractivity contribution in [2.45, 2.75) is 53.9 Å². The molecule has 1 aromatic carbocycles. The largest absolute Gasteiger partial charge is 0.354 e. The van der Waals surface area contributed by atoms with Gasteiger partial charge in [-0.3, -0.25) is 0 Å². The summed E-state index contributed by atoms with van der Waals surface area (Å²) >= 11 is 0. The van der Waals surface area contributed by atoms with Crippen molar-refractivity contribution in [3.8, 4) is 0 Å². The molecule has 6 nitrogen and oxygen atoms in total. The Balaban J connectivity index is 1.96. The van der Waals surface area contributed by atoms with E-state index in [1.807, 2.05) is 0 Å². The Hall–Kier alpha value is -1.99. The number of piperazine rings is 1. The van der Waals surface area contributed by atoms with Crippen LogP contribution in [-0.4, -0.2) is 54.6 Å². The van der Waals surface area contributed by atoms with E-state index in [1.165, 1.54) is 16.7 Å². The fourth-order valence-corrected chi connectivity index (χ4v) is 5.11. The summed E-state index contributed by atoms with van der Waals surface area (Å²) in [5.74, 6) is 2.50. The standard InChI is InChI=1S/C24H36N4O2S/c1-6-22-21(17-20-10-8-19(5)9-11-20)24(26-23(25-22)16-18(3)4)27-12-14-28(15-13-27)31(29,30)7-2/h8-11,18H,6-7,12-17H2,1-5H3. The molecule has 0 amide bonds. The molecule has 2 heterocycles. The van der Waals surface area contributed by atoms with Gasteiger partial charge in [0.15, 0.2) is 0 Å². The molecule has 1 saturated heterocycles. The van der Waals surface area contributed by atoms with Crippen LogP contribution < -0.4 is 4.90 Å². The molecule has 1 aliphatic heterocycles. The molecule has 0 bridgehead atoms. The Morgan fingerprint density at radius 1 is 1.00 bits per heavy atom. The number of nitrogens with zero attached hydrogens (tertiary/aromatic N) is 4. The molecule has 0 unspecified atom stereocenters. The summed E-state index contributed by atoms with van der Waals surface area (Å²) in [5, 5.41) is 0. The summed E-state index contributed by atoms with van der Waals surface area (Å²) in [6, 6.07) is 8.63.